The second-order valence-electron chi connectivity index (χ2n) is 10.1. The number of hydrogen-bond acceptors (Lipinski definition) is 11. The van der Waals surface area contributed by atoms with E-state index in [2.05, 4.69) is 24.5 Å². The van der Waals surface area contributed by atoms with Crippen molar-refractivity contribution in [2.75, 3.05) is 30.6 Å². The van der Waals surface area contributed by atoms with E-state index in [4.69, 9.17) is 36.0 Å². The third kappa shape index (κ3) is 10.5. The number of nitrogens with one attached hydrogen (secondary N) is 1. The number of aromatic nitrogens is 2. The Kier molecular flexibility index (Phi) is 9.53. The van der Waals surface area contributed by atoms with Crippen molar-refractivity contribution in [3.8, 4) is 17.1 Å². The highest BCUT2D eigenvalue weighted by Crippen LogP contribution is 2.36. The van der Waals surface area contributed by atoms with Gasteiger partial charge in [-0.15, -0.1) is 0 Å². The fraction of sp³-hybridized carbons (Fsp3) is 0.194. The van der Waals surface area contributed by atoms with Crippen LogP contribution in [0.1, 0.15) is 16.8 Å². The quantitative estimate of drug-likeness (QED) is 0.0882. The highest BCUT2D eigenvalue weighted by molar-refractivity contribution is 7.90. The second-order valence-corrected chi connectivity index (χ2v) is 13.5. The number of carbonyl (C=O) groups excluding carboxylic acids is 1. The Morgan fingerprint density at radius 3 is 2.67 bits per heavy atom. The molecular formula is C31H29ClFN4O10PS. The van der Waals surface area contributed by atoms with Gasteiger partial charge in [0.15, 0.2) is 0 Å². The summed E-state index contributed by atoms with van der Waals surface area (Å²) in [6.07, 6.45) is 0.0617. The summed E-state index contributed by atoms with van der Waals surface area (Å²) in [6.45, 7) is -5.75. The molecule has 49 heavy (non-hydrogen) atoms. The van der Waals surface area contributed by atoms with Gasteiger partial charge in [0.25, 0.3) is 0 Å². The summed E-state index contributed by atoms with van der Waals surface area (Å²) in [5.41, 5.74) is -1.53. The van der Waals surface area contributed by atoms with Gasteiger partial charge >= 0.3 is 13.9 Å². The van der Waals surface area contributed by atoms with E-state index in [9.17, 15) is 22.2 Å². The number of nitrogens with zero attached hydrogens (tertiary/aromatic N) is 3. The summed E-state index contributed by atoms with van der Waals surface area (Å²) in [6, 6.07) is 18.7. The van der Waals surface area contributed by atoms with Crippen LogP contribution in [-0.4, -0.2) is 64.4 Å². The second kappa shape index (κ2) is 15.3. The van der Waals surface area contributed by atoms with Gasteiger partial charge in [-0.3, -0.25) is 4.90 Å². The Hall–Kier alpha value is -4.57. The molecule has 2 aromatic heterocycles. The van der Waals surface area contributed by atoms with Crippen LogP contribution in [0.25, 0.3) is 22.2 Å². The zero-order valence-electron chi connectivity index (χ0n) is 29.2. The largest absolute Gasteiger partial charge is 0.487 e. The first-order valence-electron chi connectivity index (χ1n) is 15.9. The minimum Gasteiger partial charge on any atom is -0.487 e. The molecule has 2 heterocycles. The van der Waals surface area contributed by atoms with Gasteiger partial charge in [-0.2, -0.15) is 0 Å². The molecule has 258 valence electrons. The lowest BCUT2D eigenvalue weighted by atomic mass is 10.1. The van der Waals surface area contributed by atoms with Crippen LogP contribution < -0.4 is 10.1 Å². The van der Waals surface area contributed by atoms with Crippen molar-refractivity contribution < 1.29 is 55.9 Å². The third-order valence-corrected chi connectivity index (χ3v) is 7.56. The van der Waals surface area contributed by atoms with E-state index in [1.54, 1.807) is 48.5 Å². The number of furan rings is 1. The van der Waals surface area contributed by atoms with Crippen LogP contribution in [0.2, 0.25) is 5.02 Å². The fourth-order valence-corrected chi connectivity index (χ4v) is 4.92. The van der Waals surface area contributed by atoms with Crippen LogP contribution in [0.5, 0.6) is 5.75 Å². The molecule has 0 bridgehead atoms. The number of anilines is 2. The van der Waals surface area contributed by atoms with Crippen molar-refractivity contribution >= 4 is 57.8 Å². The zero-order chi connectivity index (χ0) is 38.8. The topological polar surface area (TPSA) is 191 Å². The van der Waals surface area contributed by atoms with Crippen LogP contribution in [0.15, 0.2) is 83.5 Å². The van der Waals surface area contributed by atoms with E-state index in [1.807, 2.05) is 0 Å². The first-order chi connectivity index (χ1) is 24.7. The van der Waals surface area contributed by atoms with Crippen molar-refractivity contribution in [3.63, 3.8) is 0 Å². The normalized spacial score (nSPS) is 13.6. The smallest absolute Gasteiger partial charge is 0.472 e. The van der Waals surface area contributed by atoms with Gasteiger partial charge in [0, 0.05) is 32.1 Å². The van der Waals surface area contributed by atoms with Crippen molar-refractivity contribution in [1.82, 2.24) is 14.9 Å². The van der Waals surface area contributed by atoms with Gasteiger partial charge in [-0.25, -0.2) is 36.7 Å². The van der Waals surface area contributed by atoms with E-state index in [-0.39, 0.29) is 33.9 Å². The predicted octanol–water partition coefficient (Wildman–Crippen LogP) is 6.05. The molecule has 3 aromatic carbocycles. The number of ether oxygens (including phenoxy) is 2. The van der Waals surface area contributed by atoms with E-state index in [0.29, 0.717) is 45.5 Å². The number of benzene rings is 3. The molecule has 0 aliphatic carbocycles. The lowest BCUT2D eigenvalue weighted by molar-refractivity contribution is 0.0191. The molecule has 1 amide bonds. The van der Waals surface area contributed by atoms with Crippen LogP contribution >= 0.6 is 19.4 Å². The standard InChI is InChI=1S/C31H29ClFN4O10PS/c1-49(42,43)12-11-37(31(38)45-19-46-48(39,40)41)16-24-7-10-28(47-24)21-5-8-27-25(14-21)30(35-18-34-27)36-23-6-9-29(26(32)15-23)44-17-20-3-2-4-22(33)13-20/h2-10,13-15,18H,11-12,16-17,19H2,1H3,(H,34,35,36)(H2,39,40,41)/i11D2,12D2. The average molecular weight is 739 g/mol. The highest BCUT2D eigenvalue weighted by Gasteiger charge is 2.22. The Labute approximate surface area is 290 Å². The molecule has 14 nitrogen and oxygen atoms in total. The number of carbonyl (C=O) groups is 1. The molecule has 0 atom stereocenters. The van der Waals surface area contributed by atoms with Crippen molar-refractivity contribution in [2.45, 2.75) is 13.2 Å². The minimum absolute atomic E-state index is 0.0544. The molecule has 0 radical (unpaired) electrons. The van der Waals surface area contributed by atoms with Crippen LogP contribution in [0.3, 0.4) is 0 Å². The summed E-state index contributed by atoms with van der Waals surface area (Å²) in [5, 5.41) is 3.97. The number of fused-ring (bicyclic) bond motifs is 1. The SMILES string of the molecule is [2H]C([2H])(N(Cc1ccc(-c2ccc3ncnc(Nc4ccc(OCc5cccc(F)c5)c(Cl)c4)c3c2)o1)C(=O)OCOP(=O)(O)O)C([2H])([2H])S(C)(=O)=O. The van der Waals surface area contributed by atoms with Crippen molar-refractivity contribution in [3.05, 3.63) is 101 Å². The monoisotopic (exact) mass is 738 g/mol. The van der Waals surface area contributed by atoms with E-state index < -0.39 is 49.3 Å². The number of phosphoric acid groups is 1. The van der Waals surface area contributed by atoms with Gasteiger partial charge in [-0.1, -0.05) is 23.7 Å². The number of sulfone groups is 1. The molecule has 0 unspecified atom stereocenters. The van der Waals surface area contributed by atoms with Crippen LogP contribution in [0, 0.1) is 5.82 Å². The summed E-state index contributed by atoms with van der Waals surface area (Å²) in [5.74, 6) is 0.381. The minimum atomic E-state index is -5.12. The Bertz CT molecular complexity index is 2320. The van der Waals surface area contributed by atoms with Gasteiger partial charge in [0.2, 0.25) is 6.79 Å². The maximum atomic E-state index is 13.5. The molecule has 3 N–H and O–H groups in total. The Balaban J connectivity index is 1.38. The number of rotatable bonds is 14. The predicted molar refractivity (Wildman–Crippen MR) is 177 cm³/mol. The molecule has 0 fully saturated rings. The first kappa shape index (κ1) is 30.5. The molecule has 0 saturated carbocycles. The summed E-state index contributed by atoms with van der Waals surface area (Å²) >= 11 is 6.46. The van der Waals surface area contributed by atoms with Gasteiger partial charge in [0.1, 0.15) is 51.7 Å². The summed E-state index contributed by atoms with van der Waals surface area (Å²) in [4.78, 5) is 39.3. The maximum Gasteiger partial charge on any atom is 0.472 e. The van der Waals surface area contributed by atoms with Gasteiger partial charge < -0.3 is 29.0 Å². The molecule has 0 aliphatic heterocycles. The average Bonchev–Trinajstić information content (AvgIpc) is 3.54. The Morgan fingerprint density at radius 2 is 1.94 bits per heavy atom. The molecular weight excluding hydrogens is 706 g/mol. The number of hydrogen-bond donors (Lipinski definition) is 3. The van der Waals surface area contributed by atoms with Gasteiger partial charge in [0.05, 0.1) is 25.5 Å². The van der Waals surface area contributed by atoms with E-state index >= 15 is 0 Å². The molecule has 18 heteroatoms. The Morgan fingerprint density at radius 1 is 1.12 bits per heavy atom. The number of phosphoric ester groups is 1. The molecule has 0 aliphatic rings. The third-order valence-electron chi connectivity index (χ3n) is 6.36. The lowest BCUT2D eigenvalue weighted by Gasteiger charge is -2.20. The molecule has 0 spiro atoms. The number of halogens is 2. The van der Waals surface area contributed by atoms with Gasteiger partial charge in [-0.05, 0) is 66.2 Å². The van der Waals surface area contributed by atoms with E-state index in [1.165, 1.54) is 30.6 Å². The molecule has 5 aromatic rings. The maximum absolute atomic E-state index is 13.5. The lowest BCUT2D eigenvalue weighted by Crippen LogP contribution is -2.35. The number of amides is 1. The first-order valence-corrected chi connectivity index (χ1v) is 17.7. The summed E-state index contributed by atoms with van der Waals surface area (Å²) < 4.78 is 102. The fourth-order valence-electron chi connectivity index (χ4n) is 4.21. The van der Waals surface area contributed by atoms with Crippen molar-refractivity contribution in [2.24, 2.45) is 0 Å². The summed E-state index contributed by atoms with van der Waals surface area (Å²) in [7, 11) is -9.92. The highest BCUT2D eigenvalue weighted by atomic mass is 35.5. The van der Waals surface area contributed by atoms with Crippen molar-refractivity contribution in [1.29, 1.82) is 0 Å². The molecule has 5 rings (SSSR count). The van der Waals surface area contributed by atoms with Crippen LogP contribution in [0.4, 0.5) is 20.7 Å². The van der Waals surface area contributed by atoms with Crippen LogP contribution in [-0.2, 0) is 36.8 Å². The zero-order valence-corrected chi connectivity index (χ0v) is 27.7. The van der Waals surface area contributed by atoms with E-state index in [0.717, 1.165) is 0 Å². The molecule has 0 saturated heterocycles.